The second kappa shape index (κ2) is 11.5. The first-order valence-corrected chi connectivity index (χ1v) is 13.0. The number of nitriles is 1. The Morgan fingerprint density at radius 2 is 1.88 bits per heavy atom. The molecule has 1 aliphatic heterocycles. The average molecular weight is 451 g/mol. The Labute approximate surface area is 198 Å². The normalized spacial score (nSPS) is 22.0. The van der Waals surface area contributed by atoms with Gasteiger partial charge in [-0.2, -0.15) is 5.26 Å². The number of anilines is 2. The molecule has 1 unspecified atom stereocenters. The summed E-state index contributed by atoms with van der Waals surface area (Å²) >= 11 is 0. The van der Waals surface area contributed by atoms with Crippen LogP contribution in [-0.4, -0.2) is 42.9 Å². The van der Waals surface area contributed by atoms with Crippen LogP contribution in [0.1, 0.15) is 82.6 Å². The van der Waals surface area contributed by atoms with Gasteiger partial charge in [0.15, 0.2) is 0 Å². The Balaban J connectivity index is 1.34. The molecule has 1 N–H and O–H groups in total. The van der Waals surface area contributed by atoms with Crippen LogP contribution in [0.4, 0.5) is 11.4 Å². The highest BCUT2D eigenvalue weighted by Gasteiger charge is 2.27. The van der Waals surface area contributed by atoms with Gasteiger partial charge in [-0.3, -0.25) is 9.59 Å². The molecule has 1 saturated heterocycles. The van der Waals surface area contributed by atoms with Crippen molar-refractivity contribution in [2.24, 2.45) is 11.8 Å². The van der Waals surface area contributed by atoms with E-state index in [9.17, 15) is 14.9 Å². The number of carbonyl (C=O) groups is 2. The molecule has 1 heterocycles. The molecule has 33 heavy (non-hydrogen) atoms. The van der Waals surface area contributed by atoms with Gasteiger partial charge in [0.25, 0.3) is 0 Å². The first kappa shape index (κ1) is 23.6. The molecule has 4 rings (SSSR count). The largest absolute Gasteiger partial charge is 0.370 e. The third-order valence-corrected chi connectivity index (χ3v) is 7.94. The third-order valence-electron chi connectivity index (χ3n) is 7.94. The summed E-state index contributed by atoms with van der Waals surface area (Å²) in [6.45, 7) is 2.70. The molecule has 0 aromatic heterocycles. The number of piperidine rings is 1. The van der Waals surface area contributed by atoms with Gasteiger partial charge in [0.2, 0.25) is 12.3 Å². The SMILES string of the molecule is N#Cc1cc(NC(=O)C2CCC2)ccc1N1CCCC(CCN(C=O)C2CCCCCC2)C1. The van der Waals surface area contributed by atoms with Crippen LogP contribution < -0.4 is 10.2 Å². The van der Waals surface area contributed by atoms with Gasteiger partial charge >= 0.3 is 0 Å². The molecule has 2 saturated carbocycles. The van der Waals surface area contributed by atoms with Gasteiger partial charge < -0.3 is 15.1 Å². The molecule has 2 amide bonds. The highest BCUT2D eigenvalue weighted by molar-refractivity contribution is 5.93. The molecule has 178 valence electrons. The van der Waals surface area contributed by atoms with E-state index in [4.69, 9.17) is 0 Å². The van der Waals surface area contributed by atoms with Gasteiger partial charge in [-0.25, -0.2) is 0 Å². The number of amides is 2. The van der Waals surface area contributed by atoms with Crippen molar-refractivity contribution in [3.63, 3.8) is 0 Å². The number of carbonyl (C=O) groups excluding carboxylic acids is 2. The summed E-state index contributed by atoms with van der Waals surface area (Å²) in [7, 11) is 0. The molecule has 1 atom stereocenters. The molecule has 6 heteroatoms. The van der Waals surface area contributed by atoms with Crippen molar-refractivity contribution in [2.45, 2.75) is 83.1 Å². The summed E-state index contributed by atoms with van der Waals surface area (Å²) in [5.74, 6) is 0.725. The summed E-state index contributed by atoms with van der Waals surface area (Å²) < 4.78 is 0. The molecule has 1 aromatic carbocycles. The minimum Gasteiger partial charge on any atom is -0.370 e. The van der Waals surface area contributed by atoms with Crippen molar-refractivity contribution in [3.8, 4) is 6.07 Å². The molecule has 6 nitrogen and oxygen atoms in total. The minimum atomic E-state index is 0.0735. The van der Waals surface area contributed by atoms with E-state index >= 15 is 0 Å². The lowest BCUT2D eigenvalue weighted by atomic mass is 9.85. The van der Waals surface area contributed by atoms with Gasteiger partial charge in [-0.15, -0.1) is 0 Å². The van der Waals surface area contributed by atoms with Crippen molar-refractivity contribution in [1.29, 1.82) is 5.26 Å². The van der Waals surface area contributed by atoms with Gasteiger partial charge in [0, 0.05) is 37.3 Å². The lowest BCUT2D eigenvalue weighted by Crippen LogP contribution is -2.39. The molecule has 3 aliphatic rings. The lowest BCUT2D eigenvalue weighted by molar-refractivity contribution is -0.122. The number of benzene rings is 1. The van der Waals surface area contributed by atoms with Gasteiger partial charge in [0.05, 0.1) is 11.3 Å². The Morgan fingerprint density at radius 1 is 1.09 bits per heavy atom. The maximum absolute atomic E-state index is 12.3. The van der Waals surface area contributed by atoms with Crippen molar-refractivity contribution >= 4 is 23.7 Å². The summed E-state index contributed by atoms with van der Waals surface area (Å²) in [5.41, 5.74) is 2.29. The van der Waals surface area contributed by atoms with Crippen LogP contribution in [0.2, 0.25) is 0 Å². The molecular formula is C27H38N4O2. The average Bonchev–Trinajstić information content (AvgIpc) is 3.08. The smallest absolute Gasteiger partial charge is 0.227 e. The Bertz CT molecular complexity index is 852. The molecule has 1 aromatic rings. The van der Waals surface area contributed by atoms with E-state index in [2.05, 4.69) is 21.2 Å². The lowest BCUT2D eigenvalue weighted by Gasteiger charge is -2.36. The van der Waals surface area contributed by atoms with Crippen LogP contribution in [0.15, 0.2) is 18.2 Å². The van der Waals surface area contributed by atoms with Crippen LogP contribution in [0.25, 0.3) is 0 Å². The van der Waals surface area contributed by atoms with Crippen molar-refractivity contribution in [2.75, 3.05) is 29.9 Å². The number of hydrogen-bond donors (Lipinski definition) is 1. The van der Waals surface area contributed by atoms with Gasteiger partial charge in [-0.05, 0) is 69.1 Å². The fourth-order valence-corrected chi connectivity index (χ4v) is 5.66. The fourth-order valence-electron chi connectivity index (χ4n) is 5.66. The van der Waals surface area contributed by atoms with E-state index < -0.39 is 0 Å². The topological polar surface area (TPSA) is 76.4 Å². The summed E-state index contributed by atoms with van der Waals surface area (Å²) in [4.78, 5) is 28.4. The predicted molar refractivity (Wildman–Crippen MR) is 131 cm³/mol. The Hall–Kier alpha value is -2.55. The number of hydrogen-bond acceptors (Lipinski definition) is 4. The molecular weight excluding hydrogens is 412 g/mol. The van der Waals surface area contributed by atoms with Gasteiger partial charge in [0.1, 0.15) is 6.07 Å². The van der Waals surface area contributed by atoms with Crippen LogP contribution in [0.3, 0.4) is 0 Å². The third kappa shape index (κ3) is 6.07. The van der Waals surface area contributed by atoms with Crippen molar-refractivity contribution in [1.82, 2.24) is 4.90 Å². The molecule has 0 bridgehead atoms. The predicted octanol–water partition coefficient (Wildman–Crippen LogP) is 5.08. The maximum atomic E-state index is 12.3. The first-order valence-electron chi connectivity index (χ1n) is 13.0. The molecule has 0 spiro atoms. The summed E-state index contributed by atoms with van der Waals surface area (Å²) in [6, 6.07) is 8.48. The Kier molecular flexibility index (Phi) is 8.25. The summed E-state index contributed by atoms with van der Waals surface area (Å²) in [6.07, 6.45) is 14.8. The highest BCUT2D eigenvalue weighted by Crippen LogP contribution is 2.31. The minimum absolute atomic E-state index is 0.0735. The van der Waals surface area contributed by atoms with Crippen LogP contribution in [-0.2, 0) is 9.59 Å². The van der Waals surface area contributed by atoms with Crippen molar-refractivity contribution in [3.05, 3.63) is 23.8 Å². The zero-order valence-electron chi connectivity index (χ0n) is 19.8. The molecule has 2 aliphatic carbocycles. The Morgan fingerprint density at radius 3 is 2.55 bits per heavy atom. The summed E-state index contributed by atoms with van der Waals surface area (Å²) in [5, 5.41) is 12.8. The standard InChI is InChI=1S/C27H38N4O2/c28-18-23-17-24(29-27(33)22-8-5-9-22)12-13-26(23)30-15-6-7-21(19-30)14-16-31(20-32)25-10-3-1-2-4-11-25/h12-13,17,20-22,25H,1-11,14-16,19H2,(H,29,33). The number of rotatable bonds is 8. The number of nitrogens with zero attached hydrogens (tertiary/aromatic N) is 3. The maximum Gasteiger partial charge on any atom is 0.227 e. The van der Waals surface area contributed by atoms with E-state index in [1.807, 2.05) is 18.2 Å². The quantitative estimate of drug-likeness (QED) is 0.442. The van der Waals surface area contributed by atoms with E-state index in [0.29, 0.717) is 23.2 Å². The zero-order valence-corrected chi connectivity index (χ0v) is 19.8. The van der Waals surface area contributed by atoms with E-state index in [0.717, 1.165) is 76.7 Å². The van der Waals surface area contributed by atoms with E-state index in [-0.39, 0.29) is 11.8 Å². The van der Waals surface area contributed by atoms with Crippen LogP contribution in [0.5, 0.6) is 0 Å². The van der Waals surface area contributed by atoms with Crippen LogP contribution in [0, 0.1) is 23.2 Å². The second-order valence-electron chi connectivity index (χ2n) is 10.2. The first-order chi connectivity index (χ1) is 16.2. The van der Waals surface area contributed by atoms with Crippen molar-refractivity contribution < 1.29 is 9.59 Å². The molecule has 3 fully saturated rings. The van der Waals surface area contributed by atoms with Crippen LogP contribution >= 0.6 is 0 Å². The number of nitrogens with one attached hydrogen (secondary N) is 1. The highest BCUT2D eigenvalue weighted by atomic mass is 16.2. The van der Waals surface area contributed by atoms with Gasteiger partial charge in [-0.1, -0.05) is 32.1 Å². The zero-order chi connectivity index (χ0) is 23.0. The molecule has 0 radical (unpaired) electrons. The van der Waals surface area contributed by atoms with E-state index in [1.165, 1.54) is 32.1 Å². The second-order valence-corrected chi connectivity index (χ2v) is 10.2. The van der Waals surface area contributed by atoms with E-state index in [1.54, 1.807) is 0 Å². The monoisotopic (exact) mass is 450 g/mol. The fraction of sp³-hybridized carbons (Fsp3) is 0.667.